The molecule has 2 rings (SSSR count). The highest BCUT2D eigenvalue weighted by atomic mass is 32.1. The zero-order valence-electron chi connectivity index (χ0n) is 6.45. The minimum Gasteiger partial charge on any atom is -0.507 e. The summed E-state index contributed by atoms with van der Waals surface area (Å²) in [6.07, 6.45) is 0. The molecule has 12 heavy (non-hydrogen) atoms. The number of phenols is 1. The van der Waals surface area contributed by atoms with Crippen molar-refractivity contribution in [2.45, 2.75) is 6.54 Å². The largest absolute Gasteiger partial charge is 0.507 e. The van der Waals surface area contributed by atoms with Crippen LogP contribution in [0, 0.1) is 0 Å². The van der Waals surface area contributed by atoms with Gasteiger partial charge in [0.15, 0.2) is 0 Å². The number of fused-ring (bicyclic) bond motifs is 1. The first-order valence-electron chi connectivity index (χ1n) is 3.72. The Labute approximate surface area is 74.3 Å². The molecule has 0 atom stereocenters. The molecule has 1 heterocycles. The molecule has 0 radical (unpaired) electrons. The van der Waals surface area contributed by atoms with Crippen LogP contribution >= 0.6 is 11.3 Å². The van der Waals surface area contributed by atoms with E-state index in [1.54, 1.807) is 17.4 Å². The molecule has 3 heteroatoms. The first-order valence-corrected chi connectivity index (χ1v) is 4.53. The molecule has 0 spiro atoms. The summed E-state index contributed by atoms with van der Waals surface area (Å²) < 4.78 is 1.09. The van der Waals surface area contributed by atoms with Gasteiger partial charge in [0.1, 0.15) is 5.75 Å². The molecule has 62 valence electrons. The van der Waals surface area contributed by atoms with E-state index in [-0.39, 0.29) is 0 Å². The number of benzene rings is 1. The lowest BCUT2D eigenvalue weighted by atomic mass is 10.2. The highest BCUT2D eigenvalue weighted by molar-refractivity contribution is 7.19. The molecule has 0 bridgehead atoms. The molecular weight excluding hydrogens is 170 g/mol. The lowest BCUT2D eigenvalue weighted by Gasteiger charge is -1.90. The summed E-state index contributed by atoms with van der Waals surface area (Å²) >= 11 is 1.63. The van der Waals surface area contributed by atoms with Crippen molar-refractivity contribution in [3.8, 4) is 5.75 Å². The molecule has 0 aliphatic heterocycles. The average molecular weight is 179 g/mol. The minimum atomic E-state index is 0.337. The minimum absolute atomic E-state index is 0.337. The van der Waals surface area contributed by atoms with E-state index in [4.69, 9.17) is 5.73 Å². The number of nitrogens with two attached hydrogens (primary N) is 1. The highest BCUT2D eigenvalue weighted by Crippen LogP contribution is 2.31. The third kappa shape index (κ3) is 1.07. The van der Waals surface area contributed by atoms with E-state index in [1.165, 1.54) is 0 Å². The maximum absolute atomic E-state index is 9.45. The van der Waals surface area contributed by atoms with Gasteiger partial charge < -0.3 is 10.8 Å². The number of thiophene rings is 1. The van der Waals surface area contributed by atoms with Crippen LogP contribution < -0.4 is 5.73 Å². The molecule has 0 unspecified atom stereocenters. The van der Waals surface area contributed by atoms with Gasteiger partial charge in [-0.05, 0) is 18.2 Å². The van der Waals surface area contributed by atoms with Gasteiger partial charge in [-0.3, -0.25) is 0 Å². The predicted octanol–water partition coefficient (Wildman–Crippen LogP) is 2.07. The zero-order valence-corrected chi connectivity index (χ0v) is 7.27. The second-order valence-electron chi connectivity index (χ2n) is 2.61. The molecule has 0 aliphatic carbocycles. The predicted molar refractivity (Wildman–Crippen MR) is 51.4 cm³/mol. The van der Waals surface area contributed by atoms with Crippen LogP contribution in [0.5, 0.6) is 5.75 Å². The Kier molecular flexibility index (Phi) is 1.75. The fourth-order valence-electron chi connectivity index (χ4n) is 1.20. The van der Waals surface area contributed by atoms with Crippen molar-refractivity contribution in [2.24, 2.45) is 5.73 Å². The second-order valence-corrected chi connectivity index (χ2v) is 3.77. The SMILES string of the molecule is NCc1cc2c(O)cccc2s1. The van der Waals surface area contributed by atoms with Crippen LogP contribution in [-0.4, -0.2) is 5.11 Å². The van der Waals surface area contributed by atoms with Crippen LogP contribution in [0.1, 0.15) is 4.88 Å². The Bertz CT molecular complexity index is 408. The Morgan fingerprint density at radius 1 is 1.42 bits per heavy atom. The second kappa shape index (κ2) is 2.77. The monoisotopic (exact) mass is 179 g/mol. The van der Waals surface area contributed by atoms with E-state index in [0.29, 0.717) is 12.3 Å². The summed E-state index contributed by atoms with van der Waals surface area (Å²) in [6.45, 7) is 0.540. The van der Waals surface area contributed by atoms with Gasteiger partial charge in [-0.15, -0.1) is 11.3 Å². The molecule has 2 nitrogen and oxygen atoms in total. The number of hydrogen-bond acceptors (Lipinski definition) is 3. The Morgan fingerprint density at radius 2 is 2.25 bits per heavy atom. The normalized spacial score (nSPS) is 10.8. The summed E-state index contributed by atoms with van der Waals surface area (Å²) in [7, 11) is 0. The fourth-order valence-corrected chi connectivity index (χ4v) is 2.16. The van der Waals surface area contributed by atoms with Crippen molar-refractivity contribution in [3.63, 3.8) is 0 Å². The van der Waals surface area contributed by atoms with E-state index in [0.717, 1.165) is 15.0 Å². The van der Waals surface area contributed by atoms with E-state index in [2.05, 4.69) is 0 Å². The molecule has 1 aromatic carbocycles. The number of phenolic OH excluding ortho intramolecular Hbond substituents is 1. The topological polar surface area (TPSA) is 46.2 Å². The molecule has 2 aromatic rings. The summed E-state index contributed by atoms with van der Waals surface area (Å²) in [5, 5.41) is 10.4. The smallest absolute Gasteiger partial charge is 0.124 e. The molecule has 0 aliphatic rings. The van der Waals surface area contributed by atoms with E-state index in [1.807, 2.05) is 18.2 Å². The lowest BCUT2D eigenvalue weighted by Crippen LogP contribution is -1.91. The van der Waals surface area contributed by atoms with E-state index >= 15 is 0 Å². The first kappa shape index (κ1) is 7.58. The van der Waals surface area contributed by atoms with Crippen LogP contribution in [0.2, 0.25) is 0 Å². The van der Waals surface area contributed by atoms with Crippen molar-refractivity contribution < 1.29 is 5.11 Å². The third-order valence-corrected chi connectivity index (χ3v) is 2.91. The van der Waals surface area contributed by atoms with Gasteiger partial charge in [-0.1, -0.05) is 6.07 Å². The molecule has 0 amide bonds. The van der Waals surface area contributed by atoms with E-state index < -0.39 is 0 Å². The van der Waals surface area contributed by atoms with Crippen molar-refractivity contribution in [1.29, 1.82) is 0 Å². The van der Waals surface area contributed by atoms with Gasteiger partial charge in [0, 0.05) is 21.5 Å². The highest BCUT2D eigenvalue weighted by Gasteiger charge is 2.02. The molecule has 0 fully saturated rings. The van der Waals surface area contributed by atoms with Gasteiger partial charge in [0.2, 0.25) is 0 Å². The van der Waals surface area contributed by atoms with Crippen LogP contribution in [0.25, 0.3) is 10.1 Å². The van der Waals surface area contributed by atoms with Crippen LogP contribution in [0.3, 0.4) is 0 Å². The summed E-state index contributed by atoms with van der Waals surface area (Å²) in [6, 6.07) is 7.46. The Hall–Kier alpha value is -1.06. The molecular formula is C9H9NOS. The van der Waals surface area contributed by atoms with Crippen molar-refractivity contribution in [2.75, 3.05) is 0 Å². The summed E-state index contributed by atoms with van der Waals surface area (Å²) in [5.74, 6) is 0.337. The first-order chi connectivity index (χ1) is 5.81. The average Bonchev–Trinajstić information content (AvgIpc) is 2.49. The molecule has 3 N–H and O–H groups in total. The van der Waals surface area contributed by atoms with Gasteiger partial charge in [-0.25, -0.2) is 0 Å². The summed E-state index contributed by atoms with van der Waals surface area (Å²) in [4.78, 5) is 1.10. The van der Waals surface area contributed by atoms with Crippen molar-refractivity contribution in [1.82, 2.24) is 0 Å². The van der Waals surface area contributed by atoms with Crippen molar-refractivity contribution >= 4 is 21.4 Å². The fraction of sp³-hybridized carbons (Fsp3) is 0.111. The number of aromatic hydroxyl groups is 1. The maximum Gasteiger partial charge on any atom is 0.124 e. The quantitative estimate of drug-likeness (QED) is 0.704. The van der Waals surface area contributed by atoms with Gasteiger partial charge in [0.25, 0.3) is 0 Å². The maximum atomic E-state index is 9.45. The third-order valence-electron chi connectivity index (χ3n) is 1.79. The van der Waals surface area contributed by atoms with Gasteiger partial charge >= 0.3 is 0 Å². The Morgan fingerprint density at radius 3 is 2.92 bits per heavy atom. The summed E-state index contributed by atoms with van der Waals surface area (Å²) in [5.41, 5.74) is 5.49. The Balaban J connectivity index is 2.74. The molecule has 0 saturated carbocycles. The number of hydrogen-bond donors (Lipinski definition) is 2. The van der Waals surface area contributed by atoms with Crippen LogP contribution in [-0.2, 0) is 6.54 Å². The van der Waals surface area contributed by atoms with Gasteiger partial charge in [-0.2, -0.15) is 0 Å². The zero-order chi connectivity index (χ0) is 8.55. The van der Waals surface area contributed by atoms with Crippen LogP contribution in [0.15, 0.2) is 24.3 Å². The lowest BCUT2D eigenvalue weighted by molar-refractivity contribution is 0.482. The molecule has 1 aromatic heterocycles. The van der Waals surface area contributed by atoms with Crippen molar-refractivity contribution in [3.05, 3.63) is 29.1 Å². The van der Waals surface area contributed by atoms with Gasteiger partial charge in [0.05, 0.1) is 0 Å². The van der Waals surface area contributed by atoms with E-state index in [9.17, 15) is 5.11 Å². The number of rotatable bonds is 1. The molecule has 0 saturated heterocycles. The van der Waals surface area contributed by atoms with Crippen LogP contribution in [0.4, 0.5) is 0 Å². The standard InChI is InChI=1S/C9H9NOS/c10-5-6-4-7-8(11)2-1-3-9(7)12-6/h1-4,11H,5,10H2.